The molecule has 8 nitrogen and oxygen atoms in total. The van der Waals surface area contributed by atoms with Crippen molar-refractivity contribution in [1.82, 2.24) is 19.8 Å². The minimum atomic E-state index is -0.249. The minimum Gasteiger partial charge on any atom is -0.459 e. The van der Waals surface area contributed by atoms with Crippen LogP contribution < -0.4 is 4.90 Å². The van der Waals surface area contributed by atoms with Crippen LogP contribution in [0.1, 0.15) is 34.9 Å². The molecule has 0 bridgehead atoms. The van der Waals surface area contributed by atoms with E-state index in [1.54, 1.807) is 21.9 Å². The Labute approximate surface area is 162 Å². The number of hydrogen-bond donors (Lipinski definition) is 0. The third-order valence-corrected chi connectivity index (χ3v) is 4.84. The molecule has 0 spiro atoms. The van der Waals surface area contributed by atoms with E-state index in [0.29, 0.717) is 37.9 Å². The Morgan fingerprint density at radius 3 is 2.33 bits per heavy atom. The van der Waals surface area contributed by atoms with Crippen LogP contribution in [0.3, 0.4) is 0 Å². The van der Waals surface area contributed by atoms with Crippen LogP contribution in [0.4, 0.5) is 5.95 Å². The lowest BCUT2D eigenvalue weighted by Crippen LogP contribution is -2.50. The van der Waals surface area contributed by atoms with E-state index < -0.39 is 0 Å². The third-order valence-electron chi connectivity index (χ3n) is 4.57. The summed E-state index contributed by atoms with van der Waals surface area (Å²) in [5.41, 5.74) is 0.194. The van der Waals surface area contributed by atoms with Crippen LogP contribution in [0.2, 0.25) is 5.02 Å². The number of carbonyl (C=O) groups is 2. The number of rotatable bonds is 5. The van der Waals surface area contributed by atoms with E-state index >= 15 is 0 Å². The summed E-state index contributed by atoms with van der Waals surface area (Å²) >= 11 is 6.18. The highest BCUT2D eigenvalue weighted by molar-refractivity contribution is 6.33. The van der Waals surface area contributed by atoms with Gasteiger partial charge in [-0.2, -0.15) is 0 Å². The number of nitrogens with zero attached hydrogens (tertiary/aromatic N) is 5. The number of piperazine rings is 1. The van der Waals surface area contributed by atoms with Crippen LogP contribution in [0.25, 0.3) is 0 Å². The van der Waals surface area contributed by atoms with Gasteiger partial charge in [0, 0.05) is 39.3 Å². The molecule has 2 aromatic heterocycles. The fourth-order valence-electron chi connectivity index (χ4n) is 2.99. The average Bonchev–Trinajstić information content (AvgIpc) is 3.24. The first-order valence-corrected chi connectivity index (χ1v) is 9.32. The molecule has 27 heavy (non-hydrogen) atoms. The molecule has 2 amide bonds. The van der Waals surface area contributed by atoms with Crippen molar-refractivity contribution in [3.8, 4) is 0 Å². The topological polar surface area (TPSA) is 82.8 Å². The van der Waals surface area contributed by atoms with E-state index in [-0.39, 0.29) is 22.5 Å². The van der Waals surface area contributed by atoms with Gasteiger partial charge in [-0.15, -0.1) is 0 Å². The molecule has 0 aliphatic carbocycles. The van der Waals surface area contributed by atoms with Crippen molar-refractivity contribution in [2.24, 2.45) is 0 Å². The molecule has 1 fully saturated rings. The summed E-state index contributed by atoms with van der Waals surface area (Å²) in [7, 11) is 0. The summed E-state index contributed by atoms with van der Waals surface area (Å²) in [6, 6.07) is 3.31. The number of furan rings is 1. The molecule has 144 valence electrons. The van der Waals surface area contributed by atoms with E-state index in [2.05, 4.69) is 9.97 Å². The zero-order chi connectivity index (χ0) is 19.4. The van der Waals surface area contributed by atoms with Gasteiger partial charge in [0.2, 0.25) is 5.95 Å². The molecular formula is C18H22ClN5O3. The normalized spacial score (nSPS) is 14.3. The zero-order valence-corrected chi connectivity index (χ0v) is 16.1. The van der Waals surface area contributed by atoms with Crippen molar-refractivity contribution in [2.75, 3.05) is 44.2 Å². The van der Waals surface area contributed by atoms with Gasteiger partial charge < -0.3 is 19.1 Å². The maximum atomic E-state index is 12.9. The third kappa shape index (κ3) is 4.05. The fraction of sp³-hybridized carbons (Fsp3) is 0.444. The van der Waals surface area contributed by atoms with Gasteiger partial charge in [-0.05, 0) is 26.0 Å². The van der Waals surface area contributed by atoms with Gasteiger partial charge in [0.25, 0.3) is 11.8 Å². The standard InChI is InChI=1S/C18H22ClN5O3/c1-3-22(4-2)18-20-12-13(19)15(21-18)17(26)24-9-7-23(8-10-24)16(25)14-6-5-11-27-14/h5-6,11-12H,3-4,7-10H2,1-2H3. The van der Waals surface area contributed by atoms with Gasteiger partial charge >= 0.3 is 0 Å². The van der Waals surface area contributed by atoms with Gasteiger partial charge in [0.15, 0.2) is 11.5 Å². The molecule has 0 aromatic carbocycles. The number of anilines is 1. The summed E-state index contributed by atoms with van der Waals surface area (Å²) < 4.78 is 5.15. The number of aromatic nitrogens is 2. The van der Waals surface area contributed by atoms with E-state index in [0.717, 1.165) is 13.1 Å². The summed E-state index contributed by atoms with van der Waals surface area (Å²) in [4.78, 5) is 39.1. The molecule has 0 radical (unpaired) electrons. The predicted molar refractivity (Wildman–Crippen MR) is 101 cm³/mol. The zero-order valence-electron chi connectivity index (χ0n) is 15.4. The number of amides is 2. The largest absolute Gasteiger partial charge is 0.459 e. The first-order valence-electron chi connectivity index (χ1n) is 8.94. The van der Waals surface area contributed by atoms with E-state index in [9.17, 15) is 9.59 Å². The van der Waals surface area contributed by atoms with E-state index in [1.807, 2.05) is 18.7 Å². The summed E-state index contributed by atoms with van der Waals surface area (Å²) in [5.74, 6) is 0.369. The molecule has 1 saturated heterocycles. The first-order chi connectivity index (χ1) is 13.0. The number of halogens is 1. The Hall–Kier alpha value is -2.61. The summed E-state index contributed by atoms with van der Waals surface area (Å²) in [5, 5.41) is 0.227. The van der Waals surface area contributed by atoms with Crippen LogP contribution in [0.15, 0.2) is 29.0 Å². The molecule has 0 atom stereocenters. The maximum Gasteiger partial charge on any atom is 0.289 e. The van der Waals surface area contributed by atoms with Crippen molar-refractivity contribution >= 4 is 29.4 Å². The Balaban J connectivity index is 1.69. The molecule has 2 aromatic rings. The highest BCUT2D eigenvalue weighted by atomic mass is 35.5. The Bertz CT molecular complexity index is 799. The number of carbonyl (C=O) groups excluding carboxylic acids is 2. The monoisotopic (exact) mass is 391 g/mol. The lowest BCUT2D eigenvalue weighted by molar-refractivity contribution is 0.0515. The maximum absolute atomic E-state index is 12.9. The van der Waals surface area contributed by atoms with Crippen LogP contribution >= 0.6 is 11.6 Å². The molecule has 0 N–H and O–H groups in total. The van der Waals surface area contributed by atoms with Crippen LogP contribution in [-0.2, 0) is 0 Å². The second-order valence-corrected chi connectivity index (χ2v) is 6.51. The first kappa shape index (κ1) is 19.2. The summed E-state index contributed by atoms with van der Waals surface area (Å²) in [6.45, 7) is 7.14. The molecule has 9 heteroatoms. The lowest BCUT2D eigenvalue weighted by Gasteiger charge is -2.34. The van der Waals surface area contributed by atoms with Crippen molar-refractivity contribution in [3.63, 3.8) is 0 Å². The smallest absolute Gasteiger partial charge is 0.289 e. The molecule has 1 aliphatic heterocycles. The van der Waals surface area contributed by atoms with E-state index in [4.69, 9.17) is 16.0 Å². The molecule has 0 saturated carbocycles. The van der Waals surface area contributed by atoms with Gasteiger partial charge in [0.05, 0.1) is 17.5 Å². The number of hydrogen-bond acceptors (Lipinski definition) is 6. The molecule has 3 heterocycles. The van der Waals surface area contributed by atoms with Crippen molar-refractivity contribution in [2.45, 2.75) is 13.8 Å². The second-order valence-electron chi connectivity index (χ2n) is 6.10. The fourth-order valence-corrected chi connectivity index (χ4v) is 3.16. The van der Waals surface area contributed by atoms with Gasteiger partial charge in [-0.25, -0.2) is 9.97 Å². The van der Waals surface area contributed by atoms with Crippen LogP contribution in [0.5, 0.6) is 0 Å². The Kier molecular flexibility index (Phi) is 5.95. The Morgan fingerprint density at radius 2 is 1.78 bits per heavy atom. The molecule has 0 unspecified atom stereocenters. The predicted octanol–water partition coefficient (Wildman–Crippen LogP) is 2.17. The molecular weight excluding hydrogens is 370 g/mol. The SMILES string of the molecule is CCN(CC)c1ncc(Cl)c(C(=O)N2CCN(C(=O)c3ccco3)CC2)n1. The van der Waals surface area contributed by atoms with Gasteiger partial charge in [-0.1, -0.05) is 11.6 Å². The van der Waals surface area contributed by atoms with Crippen molar-refractivity contribution < 1.29 is 14.0 Å². The Morgan fingerprint density at radius 1 is 1.15 bits per heavy atom. The molecule has 3 rings (SSSR count). The summed E-state index contributed by atoms with van der Waals surface area (Å²) in [6.07, 6.45) is 2.93. The minimum absolute atomic E-state index is 0.170. The van der Waals surface area contributed by atoms with Gasteiger partial charge in [0.1, 0.15) is 0 Å². The second kappa shape index (κ2) is 8.39. The highest BCUT2D eigenvalue weighted by Gasteiger charge is 2.28. The van der Waals surface area contributed by atoms with Crippen molar-refractivity contribution in [1.29, 1.82) is 0 Å². The lowest BCUT2D eigenvalue weighted by atomic mass is 10.2. The quantitative estimate of drug-likeness (QED) is 0.776. The molecule has 1 aliphatic rings. The van der Waals surface area contributed by atoms with Crippen molar-refractivity contribution in [3.05, 3.63) is 41.1 Å². The van der Waals surface area contributed by atoms with Crippen LogP contribution in [0, 0.1) is 0 Å². The van der Waals surface area contributed by atoms with Crippen LogP contribution in [-0.4, -0.2) is 70.9 Å². The average molecular weight is 392 g/mol. The van der Waals surface area contributed by atoms with E-state index in [1.165, 1.54) is 12.5 Å². The highest BCUT2D eigenvalue weighted by Crippen LogP contribution is 2.19. The van der Waals surface area contributed by atoms with Gasteiger partial charge in [-0.3, -0.25) is 9.59 Å².